The van der Waals surface area contributed by atoms with Crippen LogP contribution in [0.3, 0.4) is 0 Å². The van der Waals surface area contributed by atoms with Gasteiger partial charge in [-0.3, -0.25) is 9.78 Å². The van der Waals surface area contributed by atoms with Crippen molar-refractivity contribution >= 4 is 5.97 Å². The lowest BCUT2D eigenvalue weighted by atomic mass is 9.75. The van der Waals surface area contributed by atoms with Gasteiger partial charge in [-0.05, 0) is 32.6 Å². The van der Waals surface area contributed by atoms with Gasteiger partial charge in [-0.2, -0.15) is 0 Å². The number of rotatable bonds is 3. The smallest absolute Gasteiger partial charge is 0.309 e. The van der Waals surface area contributed by atoms with E-state index in [1.54, 1.807) is 25.5 Å². The molecule has 1 aromatic rings. The molecule has 0 spiro atoms. The second-order valence-electron chi connectivity index (χ2n) is 4.73. The van der Waals surface area contributed by atoms with Gasteiger partial charge in [0.15, 0.2) is 0 Å². The van der Waals surface area contributed by atoms with Crippen LogP contribution < -0.4 is 4.74 Å². The standard InChI is InChI=1S/C12H16N2O3/c1-12(11(15)16)4-2-9(3-5-12)17-10-8-13-6-7-14-10/h6-9H,2-5H2,1H3,(H,15,16). The number of aromatic nitrogens is 2. The average molecular weight is 236 g/mol. The zero-order chi connectivity index (χ0) is 12.3. The van der Waals surface area contributed by atoms with E-state index in [4.69, 9.17) is 9.84 Å². The van der Waals surface area contributed by atoms with Crippen molar-refractivity contribution in [1.82, 2.24) is 9.97 Å². The summed E-state index contributed by atoms with van der Waals surface area (Å²) in [7, 11) is 0. The zero-order valence-corrected chi connectivity index (χ0v) is 9.80. The third kappa shape index (κ3) is 2.72. The van der Waals surface area contributed by atoms with Crippen molar-refractivity contribution in [2.75, 3.05) is 0 Å². The lowest BCUT2D eigenvalue weighted by molar-refractivity contribution is -0.150. The van der Waals surface area contributed by atoms with Gasteiger partial charge in [-0.25, -0.2) is 4.98 Å². The van der Waals surface area contributed by atoms with Gasteiger partial charge in [-0.15, -0.1) is 0 Å². The SMILES string of the molecule is CC1(C(=O)O)CCC(Oc2cnccn2)CC1. The number of carbonyl (C=O) groups is 1. The van der Waals surface area contributed by atoms with Crippen LogP contribution in [0.5, 0.6) is 5.88 Å². The molecule has 0 amide bonds. The zero-order valence-electron chi connectivity index (χ0n) is 9.80. The van der Waals surface area contributed by atoms with Crippen molar-refractivity contribution in [3.8, 4) is 5.88 Å². The first-order valence-corrected chi connectivity index (χ1v) is 5.76. The van der Waals surface area contributed by atoms with Crippen LogP contribution >= 0.6 is 0 Å². The molecule has 1 heterocycles. The van der Waals surface area contributed by atoms with Crippen LogP contribution in [0.25, 0.3) is 0 Å². The maximum atomic E-state index is 11.1. The highest BCUT2D eigenvalue weighted by atomic mass is 16.5. The summed E-state index contributed by atoms with van der Waals surface area (Å²) in [6, 6.07) is 0. The van der Waals surface area contributed by atoms with Crippen molar-refractivity contribution in [2.24, 2.45) is 5.41 Å². The second kappa shape index (κ2) is 4.69. The molecule has 17 heavy (non-hydrogen) atoms. The highest BCUT2D eigenvalue weighted by molar-refractivity contribution is 5.74. The van der Waals surface area contributed by atoms with E-state index in [-0.39, 0.29) is 6.10 Å². The molecule has 5 heteroatoms. The molecule has 1 saturated carbocycles. The first-order valence-electron chi connectivity index (χ1n) is 5.76. The Bertz CT molecular complexity index is 386. The van der Waals surface area contributed by atoms with Crippen molar-refractivity contribution in [2.45, 2.75) is 38.7 Å². The molecule has 1 aromatic heterocycles. The molecule has 5 nitrogen and oxygen atoms in total. The Labute approximate surface area is 99.9 Å². The maximum absolute atomic E-state index is 11.1. The Morgan fingerprint density at radius 2 is 2.18 bits per heavy atom. The van der Waals surface area contributed by atoms with Crippen LogP contribution in [-0.2, 0) is 4.79 Å². The largest absolute Gasteiger partial charge is 0.481 e. The molecule has 1 fully saturated rings. The fourth-order valence-corrected chi connectivity index (χ4v) is 2.08. The van der Waals surface area contributed by atoms with Gasteiger partial charge in [0.05, 0.1) is 11.6 Å². The molecule has 1 aliphatic carbocycles. The molecular formula is C12H16N2O3. The Kier molecular flexibility index (Phi) is 3.26. The predicted octanol–water partition coefficient (Wildman–Crippen LogP) is 1.89. The summed E-state index contributed by atoms with van der Waals surface area (Å²) < 4.78 is 5.66. The summed E-state index contributed by atoms with van der Waals surface area (Å²) in [6.45, 7) is 1.80. The van der Waals surface area contributed by atoms with E-state index < -0.39 is 11.4 Å². The minimum Gasteiger partial charge on any atom is -0.481 e. The third-order valence-corrected chi connectivity index (χ3v) is 3.38. The molecule has 0 unspecified atom stereocenters. The number of carboxylic acid groups (broad SMARTS) is 1. The minimum absolute atomic E-state index is 0.0547. The molecule has 0 bridgehead atoms. The fraction of sp³-hybridized carbons (Fsp3) is 0.583. The first-order chi connectivity index (χ1) is 8.10. The molecule has 0 radical (unpaired) electrons. The van der Waals surface area contributed by atoms with Gasteiger partial charge >= 0.3 is 5.97 Å². The molecule has 1 aliphatic rings. The first kappa shape index (κ1) is 11.8. The number of ether oxygens (including phenoxy) is 1. The van der Waals surface area contributed by atoms with E-state index >= 15 is 0 Å². The number of hydrogen-bond donors (Lipinski definition) is 1. The number of aliphatic carboxylic acids is 1. The summed E-state index contributed by atoms with van der Waals surface area (Å²) >= 11 is 0. The molecule has 2 rings (SSSR count). The Morgan fingerprint density at radius 1 is 1.47 bits per heavy atom. The van der Waals surface area contributed by atoms with Crippen LogP contribution in [0.1, 0.15) is 32.6 Å². The molecule has 92 valence electrons. The van der Waals surface area contributed by atoms with Crippen molar-refractivity contribution in [3.63, 3.8) is 0 Å². The lowest BCUT2D eigenvalue weighted by Crippen LogP contribution is -2.36. The van der Waals surface area contributed by atoms with Crippen LogP contribution in [0, 0.1) is 5.41 Å². The normalized spacial score (nSPS) is 28.6. The number of carboxylic acids is 1. The van der Waals surface area contributed by atoms with Crippen molar-refractivity contribution < 1.29 is 14.6 Å². The summed E-state index contributed by atoms with van der Waals surface area (Å²) in [5.41, 5.74) is -0.595. The van der Waals surface area contributed by atoms with Crippen LogP contribution in [0.4, 0.5) is 0 Å². The molecule has 0 aliphatic heterocycles. The quantitative estimate of drug-likeness (QED) is 0.867. The van der Waals surface area contributed by atoms with Crippen molar-refractivity contribution in [1.29, 1.82) is 0 Å². The monoisotopic (exact) mass is 236 g/mol. The number of nitrogens with zero attached hydrogens (tertiary/aromatic N) is 2. The van der Waals surface area contributed by atoms with E-state index in [9.17, 15) is 4.79 Å². The topological polar surface area (TPSA) is 72.3 Å². The van der Waals surface area contributed by atoms with Gasteiger partial charge in [0.2, 0.25) is 5.88 Å². The van der Waals surface area contributed by atoms with E-state index in [0.717, 1.165) is 12.8 Å². The highest BCUT2D eigenvalue weighted by Gasteiger charge is 2.38. The van der Waals surface area contributed by atoms with Gasteiger partial charge < -0.3 is 9.84 Å². The van der Waals surface area contributed by atoms with Crippen LogP contribution in [0.15, 0.2) is 18.6 Å². The van der Waals surface area contributed by atoms with E-state index in [1.165, 1.54) is 0 Å². The lowest BCUT2D eigenvalue weighted by Gasteiger charge is -2.33. The van der Waals surface area contributed by atoms with E-state index in [0.29, 0.717) is 18.7 Å². The Hall–Kier alpha value is -1.65. The summed E-state index contributed by atoms with van der Waals surface area (Å²) in [5.74, 6) is -0.202. The predicted molar refractivity (Wildman–Crippen MR) is 60.7 cm³/mol. The van der Waals surface area contributed by atoms with Crippen LogP contribution in [-0.4, -0.2) is 27.1 Å². The fourth-order valence-electron chi connectivity index (χ4n) is 2.08. The average Bonchev–Trinajstić information content (AvgIpc) is 2.33. The van der Waals surface area contributed by atoms with E-state index in [2.05, 4.69) is 9.97 Å². The highest BCUT2D eigenvalue weighted by Crippen LogP contribution is 2.37. The molecule has 0 atom stereocenters. The summed E-state index contributed by atoms with van der Waals surface area (Å²) in [6.07, 6.45) is 7.60. The van der Waals surface area contributed by atoms with Gasteiger partial charge in [-0.1, -0.05) is 0 Å². The molecule has 1 N–H and O–H groups in total. The Morgan fingerprint density at radius 3 is 2.71 bits per heavy atom. The maximum Gasteiger partial charge on any atom is 0.309 e. The summed E-state index contributed by atoms with van der Waals surface area (Å²) in [5, 5.41) is 9.11. The third-order valence-electron chi connectivity index (χ3n) is 3.38. The van der Waals surface area contributed by atoms with E-state index in [1.807, 2.05) is 0 Å². The van der Waals surface area contributed by atoms with Gasteiger partial charge in [0.25, 0.3) is 0 Å². The Balaban J connectivity index is 1.90. The molecular weight excluding hydrogens is 220 g/mol. The molecule has 0 saturated heterocycles. The van der Waals surface area contributed by atoms with Gasteiger partial charge in [0, 0.05) is 12.4 Å². The second-order valence-corrected chi connectivity index (χ2v) is 4.73. The minimum atomic E-state index is -0.713. The van der Waals surface area contributed by atoms with Gasteiger partial charge in [0.1, 0.15) is 6.10 Å². The number of hydrogen-bond acceptors (Lipinski definition) is 4. The van der Waals surface area contributed by atoms with Crippen LogP contribution in [0.2, 0.25) is 0 Å². The summed E-state index contributed by atoms with van der Waals surface area (Å²) in [4.78, 5) is 19.0. The molecule has 0 aromatic carbocycles. The van der Waals surface area contributed by atoms with Crippen molar-refractivity contribution in [3.05, 3.63) is 18.6 Å².